The second-order valence-electron chi connectivity index (χ2n) is 4.10. The van der Waals surface area contributed by atoms with Gasteiger partial charge in [0.2, 0.25) is 0 Å². The van der Waals surface area contributed by atoms with Gasteiger partial charge in [0.1, 0.15) is 0 Å². The molecule has 0 heterocycles. The van der Waals surface area contributed by atoms with Crippen LogP contribution in [0.4, 0.5) is 0 Å². The molecule has 0 spiro atoms. The largest absolute Gasteiger partial charge is 0.456 e. The Bertz CT molecular complexity index is 376. The third-order valence-corrected chi connectivity index (χ3v) is 2.16. The molecule has 0 aromatic heterocycles. The first-order valence-corrected chi connectivity index (χ1v) is 5.84. The minimum atomic E-state index is -1.49. The van der Waals surface area contributed by atoms with Crippen molar-refractivity contribution in [3.63, 3.8) is 0 Å². The maximum absolute atomic E-state index is 11.1. The van der Waals surface area contributed by atoms with Gasteiger partial charge in [-0.3, -0.25) is 19.2 Å². The standard InChI is InChI=1S/C12H18O8/c1-6(14)11(19-8(3)16)12(20-9(4)17)10(5-13)18-7(2)15/h5-6,10-12,14H,1-4H3/t6-,10+,11+,12-/m1/s1. The van der Waals surface area contributed by atoms with E-state index in [1.807, 2.05) is 0 Å². The summed E-state index contributed by atoms with van der Waals surface area (Å²) in [6.07, 6.45) is -5.28. The van der Waals surface area contributed by atoms with Crippen molar-refractivity contribution in [2.75, 3.05) is 0 Å². The highest BCUT2D eigenvalue weighted by atomic mass is 16.6. The van der Waals surface area contributed by atoms with E-state index >= 15 is 0 Å². The Morgan fingerprint density at radius 1 is 0.900 bits per heavy atom. The molecular formula is C12H18O8. The molecule has 0 saturated heterocycles. The van der Waals surface area contributed by atoms with Crippen molar-refractivity contribution < 1.29 is 38.5 Å². The summed E-state index contributed by atoms with van der Waals surface area (Å²) < 4.78 is 14.4. The van der Waals surface area contributed by atoms with Crippen molar-refractivity contribution in [1.29, 1.82) is 0 Å². The number of rotatable bonds is 7. The summed E-state index contributed by atoms with van der Waals surface area (Å²) in [5.74, 6) is -2.32. The van der Waals surface area contributed by atoms with E-state index in [0.29, 0.717) is 0 Å². The van der Waals surface area contributed by atoms with Crippen LogP contribution in [0.2, 0.25) is 0 Å². The Balaban J connectivity index is 5.33. The SMILES string of the molecule is CC(=O)O[C@H]([C@H](OC(C)=O)[C@H](C=O)OC(C)=O)[C@@H](C)O. The van der Waals surface area contributed by atoms with Gasteiger partial charge in [-0.1, -0.05) is 0 Å². The Labute approximate surface area is 116 Å². The Hall–Kier alpha value is -1.96. The average Bonchev–Trinajstić information content (AvgIpc) is 2.29. The second-order valence-corrected chi connectivity index (χ2v) is 4.10. The summed E-state index contributed by atoms with van der Waals surface area (Å²) in [6, 6.07) is 0. The van der Waals surface area contributed by atoms with E-state index in [2.05, 4.69) is 4.74 Å². The lowest BCUT2D eigenvalue weighted by atomic mass is 10.0. The molecule has 0 aromatic carbocycles. The number of carbonyl (C=O) groups is 4. The van der Waals surface area contributed by atoms with E-state index in [0.717, 1.165) is 20.8 Å². The van der Waals surface area contributed by atoms with Gasteiger partial charge < -0.3 is 19.3 Å². The molecule has 20 heavy (non-hydrogen) atoms. The maximum Gasteiger partial charge on any atom is 0.303 e. The van der Waals surface area contributed by atoms with E-state index in [9.17, 15) is 24.3 Å². The van der Waals surface area contributed by atoms with Crippen LogP contribution in [0, 0.1) is 0 Å². The molecule has 0 bridgehead atoms. The minimum absolute atomic E-state index is 0.230. The molecule has 0 saturated carbocycles. The second kappa shape index (κ2) is 8.26. The Morgan fingerprint density at radius 2 is 1.30 bits per heavy atom. The summed E-state index contributed by atoms with van der Waals surface area (Å²) in [4.78, 5) is 44.0. The molecule has 114 valence electrons. The van der Waals surface area contributed by atoms with E-state index in [1.165, 1.54) is 6.92 Å². The summed E-state index contributed by atoms with van der Waals surface area (Å²) in [5, 5.41) is 9.60. The van der Waals surface area contributed by atoms with E-state index in [-0.39, 0.29) is 6.29 Å². The number of aliphatic hydroxyl groups excluding tert-OH is 1. The number of hydrogen-bond acceptors (Lipinski definition) is 8. The van der Waals surface area contributed by atoms with Crippen molar-refractivity contribution in [2.45, 2.75) is 52.1 Å². The number of aldehydes is 1. The number of carbonyl (C=O) groups excluding carboxylic acids is 4. The van der Waals surface area contributed by atoms with Crippen molar-refractivity contribution >= 4 is 24.2 Å². The van der Waals surface area contributed by atoms with Crippen LogP contribution in [0.3, 0.4) is 0 Å². The molecule has 0 unspecified atom stereocenters. The molecule has 0 radical (unpaired) electrons. The topological polar surface area (TPSA) is 116 Å². The van der Waals surface area contributed by atoms with E-state index in [4.69, 9.17) is 9.47 Å². The third-order valence-electron chi connectivity index (χ3n) is 2.16. The Kier molecular flexibility index (Phi) is 7.45. The summed E-state index contributed by atoms with van der Waals surface area (Å²) >= 11 is 0. The number of aliphatic hydroxyl groups is 1. The van der Waals surface area contributed by atoms with Gasteiger partial charge in [0.05, 0.1) is 6.10 Å². The lowest BCUT2D eigenvalue weighted by molar-refractivity contribution is -0.190. The average molecular weight is 290 g/mol. The van der Waals surface area contributed by atoms with Gasteiger partial charge in [-0.2, -0.15) is 0 Å². The third kappa shape index (κ3) is 6.28. The van der Waals surface area contributed by atoms with Gasteiger partial charge in [0.25, 0.3) is 0 Å². The first kappa shape index (κ1) is 18.0. The first-order valence-electron chi connectivity index (χ1n) is 5.84. The monoisotopic (exact) mass is 290 g/mol. The predicted molar refractivity (Wildman–Crippen MR) is 64.4 cm³/mol. The van der Waals surface area contributed by atoms with Crippen LogP contribution in [0.5, 0.6) is 0 Å². The molecule has 1 N–H and O–H groups in total. The van der Waals surface area contributed by atoms with Crippen LogP contribution >= 0.6 is 0 Å². The zero-order chi connectivity index (χ0) is 15.9. The molecule has 4 atom stereocenters. The van der Waals surface area contributed by atoms with Crippen LogP contribution in [0.25, 0.3) is 0 Å². The van der Waals surface area contributed by atoms with Gasteiger partial charge in [-0.15, -0.1) is 0 Å². The molecule has 8 heteroatoms. The highest BCUT2D eigenvalue weighted by Crippen LogP contribution is 2.16. The molecule has 8 nitrogen and oxygen atoms in total. The molecule has 0 aliphatic heterocycles. The van der Waals surface area contributed by atoms with Gasteiger partial charge in [0, 0.05) is 20.8 Å². The first-order chi connectivity index (χ1) is 9.18. The minimum Gasteiger partial charge on any atom is -0.456 e. The zero-order valence-corrected chi connectivity index (χ0v) is 11.7. The number of ether oxygens (including phenoxy) is 3. The van der Waals surface area contributed by atoms with Gasteiger partial charge in [-0.05, 0) is 6.92 Å². The van der Waals surface area contributed by atoms with Crippen LogP contribution in [0.15, 0.2) is 0 Å². The summed E-state index contributed by atoms with van der Waals surface area (Å²) in [6.45, 7) is 4.49. The lowest BCUT2D eigenvalue weighted by Gasteiger charge is -2.30. The number of hydrogen-bond donors (Lipinski definition) is 1. The van der Waals surface area contributed by atoms with Crippen LogP contribution in [-0.4, -0.2) is 53.7 Å². The highest BCUT2D eigenvalue weighted by molar-refractivity contribution is 5.72. The molecule has 0 rings (SSSR count). The highest BCUT2D eigenvalue weighted by Gasteiger charge is 2.39. The van der Waals surface area contributed by atoms with Gasteiger partial charge >= 0.3 is 17.9 Å². The molecule has 0 aliphatic rings. The van der Waals surface area contributed by atoms with Crippen molar-refractivity contribution in [1.82, 2.24) is 0 Å². The fourth-order valence-electron chi connectivity index (χ4n) is 1.51. The van der Waals surface area contributed by atoms with Gasteiger partial charge in [-0.25, -0.2) is 0 Å². The van der Waals surface area contributed by atoms with Crippen LogP contribution in [-0.2, 0) is 33.4 Å². The summed E-state index contributed by atoms with van der Waals surface area (Å²) in [7, 11) is 0. The molecule has 0 aromatic rings. The fourth-order valence-corrected chi connectivity index (χ4v) is 1.51. The lowest BCUT2D eigenvalue weighted by Crippen LogP contribution is -2.50. The summed E-state index contributed by atoms with van der Waals surface area (Å²) in [5.41, 5.74) is 0. The normalized spacial score (nSPS) is 16.2. The molecule has 0 amide bonds. The molecule has 0 aliphatic carbocycles. The van der Waals surface area contributed by atoms with E-state index < -0.39 is 42.3 Å². The molecular weight excluding hydrogens is 272 g/mol. The molecule has 0 fully saturated rings. The van der Waals surface area contributed by atoms with Gasteiger partial charge in [0.15, 0.2) is 24.6 Å². The van der Waals surface area contributed by atoms with Crippen molar-refractivity contribution in [2.24, 2.45) is 0 Å². The fraction of sp³-hybridized carbons (Fsp3) is 0.667. The quantitative estimate of drug-likeness (QED) is 0.374. The van der Waals surface area contributed by atoms with Crippen LogP contribution in [0.1, 0.15) is 27.7 Å². The predicted octanol–water partition coefficient (Wildman–Crippen LogP) is -0.639. The van der Waals surface area contributed by atoms with Crippen molar-refractivity contribution in [3.05, 3.63) is 0 Å². The Morgan fingerprint density at radius 3 is 1.60 bits per heavy atom. The van der Waals surface area contributed by atoms with Crippen LogP contribution < -0.4 is 0 Å². The van der Waals surface area contributed by atoms with Crippen molar-refractivity contribution in [3.8, 4) is 0 Å². The zero-order valence-electron chi connectivity index (χ0n) is 11.7. The van der Waals surface area contributed by atoms with E-state index in [1.54, 1.807) is 0 Å². The maximum atomic E-state index is 11.1. The smallest absolute Gasteiger partial charge is 0.303 e. The number of esters is 3.